The van der Waals surface area contributed by atoms with Crippen molar-refractivity contribution in [2.75, 3.05) is 37.1 Å². The van der Waals surface area contributed by atoms with Gasteiger partial charge >= 0.3 is 6.01 Å². The SMILES string of the molecule is CCCCOCCNc1nc(NN)nc(OCC)n1. The fraction of sp³-hybridized carbons (Fsp3) is 0.727. The van der Waals surface area contributed by atoms with Crippen LogP contribution in [-0.4, -0.2) is 41.3 Å². The van der Waals surface area contributed by atoms with Gasteiger partial charge in [0.05, 0.1) is 13.2 Å². The first-order chi connectivity index (χ1) is 9.30. The molecule has 1 rings (SSSR count). The van der Waals surface area contributed by atoms with Crippen molar-refractivity contribution in [1.82, 2.24) is 15.0 Å². The largest absolute Gasteiger partial charge is 0.464 e. The number of anilines is 2. The third kappa shape index (κ3) is 6.16. The van der Waals surface area contributed by atoms with E-state index in [1.54, 1.807) is 0 Å². The summed E-state index contributed by atoms with van der Waals surface area (Å²) < 4.78 is 10.6. The smallest absolute Gasteiger partial charge is 0.323 e. The lowest BCUT2D eigenvalue weighted by Crippen LogP contribution is -2.16. The molecule has 0 aromatic carbocycles. The zero-order chi connectivity index (χ0) is 13.9. The summed E-state index contributed by atoms with van der Waals surface area (Å²) in [7, 11) is 0. The average molecular weight is 270 g/mol. The van der Waals surface area contributed by atoms with Gasteiger partial charge in [0.2, 0.25) is 11.9 Å². The molecule has 0 aliphatic heterocycles. The maximum Gasteiger partial charge on any atom is 0.323 e. The van der Waals surface area contributed by atoms with Crippen LogP contribution < -0.4 is 21.3 Å². The van der Waals surface area contributed by atoms with Gasteiger partial charge in [0.1, 0.15) is 0 Å². The Hall–Kier alpha value is -1.67. The van der Waals surface area contributed by atoms with Crippen molar-refractivity contribution >= 4 is 11.9 Å². The maximum atomic E-state index is 5.42. The number of hydrogen-bond donors (Lipinski definition) is 3. The van der Waals surface area contributed by atoms with Gasteiger partial charge in [-0.25, -0.2) is 5.84 Å². The van der Waals surface area contributed by atoms with E-state index < -0.39 is 0 Å². The van der Waals surface area contributed by atoms with Crippen molar-refractivity contribution in [3.8, 4) is 6.01 Å². The van der Waals surface area contributed by atoms with Crippen molar-refractivity contribution in [2.24, 2.45) is 5.84 Å². The minimum absolute atomic E-state index is 0.236. The van der Waals surface area contributed by atoms with Gasteiger partial charge in [0, 0.05) is 13.2 Å². The normalized spacial score (nSPS) is 10.3. The average Bonchev–Trinajstić information content (AvgIpc) is 2.43. The molecule has 1 aromatic heterocycles. The molecule has 0 spiro atoms. The Morgan fingerprint density at radius 1 is 1.11 bits per heavy atom. The van der Waals surface area contributed by atoms with Gasteiger partial charge in [-0.05, 0) is 13.3 Å². The molecular formula is C11H22N6O2. The Kier molecular flexibility index (Phi) is 7.52. The number of nitrogen functional groups attached to an aromatic ring is 1. The summed E-state index contributed by atoms with van der Waals surface area (Å²) in [5, 5.41) is 3.03. The molecule has 1 aromatic rings. The molecular weight excluding hydrogens is 248 g/mol. The molecule has 0 atom stereocenters. The number of nitrogens with one attached hydrogen (secondary N) is 2. The topological polar surface area (TPSA) is 107 Å². The van der Waals surface area contributed by atoms with E-state index in [0.717, 1.165) is 19.4 Å². The van der Waals surface area contributed by atoms with Crippen molar-refractivity contribution < 1.29 is 9.47 Å². The van der Waals surface area contributed by atoms with Crippen LogP contribution in [0.2, 0.25) is 0 Å². The van der Waals surface area contributed by atoms with E-state index in [1.807, 2.05) is 6.92 Å². The molecule has 0 amide bonds. The van der Waals surface area contributed by atoms with E-state index in [0.29, 0.717) is 25.7 Å². The minimum atomic E-state index is 0.236. The summed E-state index contributed by atoms with van der Waals surface area (Å²) in [5.41, 5.74) is 2.37. The van der Waals surface area contributed by atoms with Crippen LogP contribution in [0.1, 0.15) is 26.7 Å². The van der Waals surface area contributed by atoms with E-state index in [4.69, 9.17) is 15.3 Å². The van der Waals surface area contributed by atoms with Crippen molar-refractivity contribution in [1.29, 1.82) is 0 Å². The Morgan fingerprint density at radius 3 is 2.58 bits per heavy atom. The highest BCUT2D eigenvalue weighted by molar-refractivity contribution is 5.34. The van der Waals surface area contributed by atoms with Gasteiger partial charge in [-0.15, -0.1) is 0 Å². The number of hydrazine groups is 1. The lowest BCUT2D eigenvalue weighted by atomic mass is 10.4. The molecule has 0 aliphatic carbocycles. The van der Waals surface area contributed by atoms with Crippen LogP contribution in [0.25, 0.3) is 0 Å². The maximum absolute atomic E-state index is 5.42. The first-order valence-electron chi connectivity index (χ1n) is 6.47. The summed E-state index contributed by atoms with van der Waals surface area (Å²) in [6, 6.07) is 0.236. The minimum Gasteiger partial charge on any atom is -0.464 e. The number of aromatic nitrogens is 3. The summed E-state index contributed by atoms with van der Waals surface area (Å²) in [6.07, 6.45) is 2.20. The van der Waals surface area contributed by atoms with Gasteiger partial charge < -0.3 is 14.8 Å². The Labute approximate surface area is 113 Å². The number of unbranched alkanes of at least 4 members (excludes halogenated alkanes) is 1. The molecule has 0 radical (unpaired) electrons. The molecule has 0 saturated heterocycles. The fourth-order valence-electron chi connectivity index (χ4n) is 1.28. The molecule has 108 valence electrons. The zero-order valence-electron chi connectivity index (χ0n) is 11.5. The second-order valence-corrected chi connectivity index (χ2v) is 3.74. The monoisotopic (exact) mass is 270 g/mol. The standard InChI is InChI=1S/C11H22N6O2/c1-3-5-7-18-8-6-13-9-14-10(17-12)16-11(15-9)19-4-2/h3-8,12H2,1-2H3,(H2,13,14,15,16,17). The third-order valence-corrected chi connectivity index (χ3v) is 2.19. The summed E-state index contributed by atoms with van der Waals surface area (Å²) in [6.45, 7) is 6.45. The summed E-state index contributed by atoms with van der Waals surface area (Å²) >= 11 is 0. The Balaban J connectivity index is 2.41. The second kappa shape index (κ2) is 9.29. The first-order valence-corrected chi connectivity index (χ1v) is 6.47. The van der Waals surface area contributed by atoms with Crippen molar-refractivity contribution in [2.45, 2.75) is 26.7 Å². The summed E-state index contributed by atoms with van der Waals surface area (Å²) in [4.78, 5) is 12.1. The highest BCUT2D eigenvalue weighted by Gasteiger charge is 2.05. The Bertz CT molecular complexity index is 363. The summed E-state index contributed by atoms with van der Waals surface area (Å²) in [5.74, 6) is 5.95. The van der Waals surface area contributed by atoms with E-state index in [2.05, 4.69) is 32.6 Å². The number of hydrogen-bond acceptors (Lipinski definition) is 8. The number of rotatable bonds is 10. The van der Waals surface area contributed by atoms with Gasteiger partial charge in [0.25, 0.3) is 0 Å². The molecule has 1 heterocycles. The van der Waals surface area contributed by atoms with Crippen molar-refractivity contribution in [3.63, 3.8) is 0 Å². The number of ether oxygens (including phenoxy) is 2. The molecule has 0 fully saturated rings. The van der Waals surface area contributed by atoms with E-state index in [-0.39, 0.29) is 12.0 Å². The van der Waals surface area contributed by atoms with Crippen LogP contribution in [0.5, 0.6) is 6.01 Å². The van der Waals surface area contributed by atoms with Crippen LogP contribution >= 0.6 is 0 Å². The quantitative estimate of drug-likeness (QED) is 0.325. The van der Waals surface area contributed by atoms with Gasteiger partial charge in [-0.1, -0.05) is 13.3 Å². The number of nitrogens with two attached hydrogens (primary N) is 1. The van der Waals surface area contributed by atoms with Crippen LogP contribution in [0.3, 0.4) is 0 Å². The molecule has 0 saturated carbocycles. The number of nitrogens with zero attached hydrogens (tertiary/aromatic N) is 3. The molecule has 0 unspecified atom stereocenters. The van der Waals surface area contributed by atoms with E-state index in [1.165, 1.54) is 0 Å². The van der Waals surface area contributed by atoms with Crippen LogP contribution in [0, 0.1) is 0 Å². The van der Waals surface area contributed by atoms with E-state index >= 15 is 0 Å². The molecule has 8 nitrogen and oxygen atoms in total. The zero-order valence-corrected chi connectivity index (χ0v) is 11.5. The van der Waals surface area contributed by atoms with Crippen LogP contribution in [0.4, 0.5) is 11.9 Å². The predicted molar refractivity (Wildman–Crippen MR) is 73.0 cm³/mol. The molecule has 0 aliphatic rings. The molecule has 4 N–H and O–H groups in total. The first kappa shape index (κ1) is 15.4. The highest BCUT2D eigenvalue weighted by Crippen LogP contribution is 2.09. The van der Waals surface area contributed by atoms with Gasteiger partial charge in [0.15, 0.2) is 0 Å². The highest BCUT2D eigenvalue weighted by atomic mass is 16.5. The van der Waals surface area contributed by atoms with Crippen molar-refractivity contribution in [3.05, 3.63) is 0 Å². The lowest BCUT2D eigenvalue weighted by Gasteiger charge is -2.08. The van der Waals surface area contributed by atoms with E-state index in [9.17, 15) is 0 Å². The second-order valence-electron chi connectivity index (χ2n) is 3.74. The van der Waals surface area contributed by atoms with Gasteiger partial charge in [-0.2, -0.15) is 15.0 Å². The lowest BCUT2D eigenvalue weighted by molar-refractivity contribution is 0.141. The van der Waals surface area contributed by atoms with Crippen LogP contribution in [-0.2, 0) is 4.74 Å². The van der Waals surface area contributed by atoms with Crippen LogP contribution in [0.15, 0.2) is 0 Å². The molecule has 8 heteroatoms. The van der Waals surface area contributed by atoms with Gasteiger partial charge in [-0.3, -0.25) is 5.43 Å². The third-order valence-electron chi connectivity index (χ3n) is 2.19. The molecule has 19 heavy (non-hydrogen) atoms. The fourth-order valence-corrected chi connectivity index (χ4v) is 1.28. The predicted octanol–water partition coefficient (Wildman–Crippen LogP) is 0.784. The Morgan fingerprint density at radius 2 is 1.89 bits per heavy atom. The molecule has 0 bridgehead atoms.